The number of rotatable bonds is 5. The minimum atomic E-state index is -0.335. The number of aromatic nitrogens is 3. The van der Waals surface area contributed by atoms with E-state index in [0.29, 0.717) is 35.6 Å². The first kappa shape index (κ1) is 16.3. The molecule has 1 saturated heterocycles. The molecule has 4 rings (SSSR count). The Morgan fingerprint density at radius 2 is 2.04 bits per heavy atom. The van der Waals surface area contributed by atoms with Crippen molar-refractivity contribution in [3.05, 3.63) is 30.1 Å². The lowest BCUT2D eigenvalue weighted by Gasteiger charge is -2.30. The molecule has 0 spiro atoms. The normalized spacial score (nSPS) is 25.4. The summed E-state index contributed by atoms with van der Waals surface area (Å²) in [5.41, 5.74) is 0. The van der Waals surface area contributed by atoms with E-state index in [0.717, 1.165) is 13.1 Å². The molecule has 2 heterocycles. The van der Waals surface area contributed by atoms with E-state index in [1.54, 1.807) is 16.8 Å². The zero-order valence-corrected chi connectivity index (χ0v) is 14.6. The van der Waals surface area contributed by atoms with Gasteiger partial charge in [0.25, 0.3) is 0 Å². The number of benzene rings is 1. The molecular weight excluding hydrogens is 321 g/mol. The van der Waals surface area contributed by atoms with Gasteiger partial charge in [-0.3, -0.25) is 0 Å². The number of anilines is 1. The highest BCUT2D eigenvalue weighted by Crippen LogP contribution is 2.35. The Kier molecular flexibility index (Phi) is 4.33. The lowest BCUT2D eigenvalue weighted by molar-refractivity contribution is 0.341. The van der Waals surface area contributed by atoms with Gasteiger partial charge in [0, 0.05) is 12.1 Å². The molecule has 3 atom stereocenters. The molecule has 1 aliphatic heterocycles. The van der Waals surface area contributed by atoms with Crippen LogP contribution in [0.5, 0.6) is 11.8 Å². The van der Waals surface area contributed by atoms with Crippen LogP contribution in [0, 0.1) is 17.7 Å². The first-order valence-electron chi connectivity index (χ1n) is 8.97. The van der Waals surface area contributed by atoms with Gasteiger partial charge in [-0.1, -0.05) is 6.07 Å². The van der Waals surface area contributed by atoms with Gasteiger partial charge in [-0.05, 0) is 63.7 Å². The van der Waals surface area contributed by atoms with Crippen molar-refractivity contribution in [2.24, 2.45) is 11.8 Å². The molecule has 2 N–H and O–H groups in total. The number of hydrogen-bond donors (Lipinski definition) is 2. The van der Waals surface area contributed by atoms with Crippen molar-refractivity contribution >= 4 is 5.95 Å². The summed E-state index contributed by atoms with van der Waals surface area (Å²) in [6.45, 7) is 6.13. The third-order valence-corrected chi connectivity index (χ3v) is 5.13. The van der Waals surface area contributed by atoms with Crippen molar-refractivity contribution in [3.8, 4) is 11.8 Å². The first-order valence-corrected chi connectivity index (χ1v) is 8.97. The predicted octanol–water partition coefficient (Wildman–Crippen LogP) is 3.20. The molecule has 0 radical (unpaired) electrons. The van der Waals surface area contributed by atoms with E-state index in [1.807, 2.05) is 13.8 Å². The van der Waals surface area contributed by atoms with Crippen LogP contribution >= 0.6 is 0 Å². The van der Waals surface area contributed by atoms with Crippen molar-refractivity contribution in [2.75, 3.05) is 18.4 Å². The molecule has 0 unspecified atom stereocenters. The Morgan fingerprint density at radius 3 is 2.72 bits per heavy atom. The van der Waals surface area contributed by atoms with E-state index in [4.69, 9.17) is 4.74 Å². The van der Waals surface area contributed by atoms with E-state index in [-0.39, 0.29) is 11.9 Å². The molecule has 1 aromatic carbocycles. The molecule has 25 heavy (non-hydrogen) atoms. The molecule has 2 aromatic rings. The van der Waals surface area contributed by atoms with E-state index in [2.05, 4.69) is 20.7 Å². The SMILES string of the molecule is CC(C)n1nc(N[C@H]2[C@@H]3CC[C@H]2CNC3)nc1Oc1cccc(F)c1. The van der Waals surface area contributed by atoms with Gasteiger partial charge < -0.3 is 15.4 Å². The van der Waals surface area contributed by atoms with Crippen LogP contribution in [0.2, 0.25) is 0 Å². The number of nitrogens with one attached hydrogen (secondary N) is 2. The fraction of sp³-hybridized carbons (Fsp3) is 0.556. The van der Waals surface area contributed by atoms with Gasteiger partial charge in [-0.15, -0.1) is 5.10 Å². The summed E-state index contributed by atoms with van der Waals surface area (Å²) in [7, 11) is 0. The van der Waals surface area contributed by atoms with E-state index in [9.17, 15) is 4.39 Å². The Bertz CT molecular complexity index is 731. The number of nitrogens with zero attached hydrogens (tertiary/aromatic N) is 3. The van der Waals surface area contributed by atoms with Crippen molar-refractivity contribution < 1.29 is 9.13 Å². The summed E-state index contributed by atoms with van der Waals surface area (Å²) in [5.74, 6) is 1.92. The van der Waals surface area contributed by atoms with Crippen LogP contribution in [0.25, 0.3) is 0 Å². The highest BCUT2D eigenvalue weighted by Gasteiger charge is 2.39. The van der Waals surface area contributed by atoms with E-state index >= 15 is 0 Å². The molecule has 2 fully saturated rings. The van der Waals surface area contributed by atoms with Crippen LogP contribution in [0.1, 0.15) is 32.7 Å². The molecular formula is C18H24FN5O. The minimum absolute atomic E-state index is 0.0938. The number of halogens is 1. The average molecular weight is 345 g/mol. The fourth-order valence-corrected chi connectivity index (χ4v) is 3.88. The van der Waals surface area contributed by atoms with Crippen LogP contribution in [0.3, 0.4) is 0 Å². The number of hydrogen-bond acceptors (Lipinski definition) is 5. The van der Waals surface area contributed by atoms with Gasteiger partial charge in [-0.2, -0.15) is 4.98 Å². The van der Waals surface area contributed by atoms with Crippen molar-refractivity contribution in [3.63, 3.8) is 0 Å². The average Bonchev–Trinajstić information content (AvgIpc) is 3.04. The maximum Gasteiger partial charge on any atom is 0.322 e. The van der Waals surface area contributed by atoms with E-state index in [1.165, 1.54) is 25.0 Å². The summed E-state index contributed by atoms with van der Waals surface area (Å²) < 4.78 is 20.9. The third-order valence-electron chi connectivity index (χ3n) is 5.13. The lowest BCUT2D eigenvalue weighted by atomic mass is 9.94. The molecule has 2 bridgehead atoms. The lowest BCUT2D eigenvalue weighted by Crippen LogP contribution is -2.45. The molecule has 1 aliphatic carbocycles. The van der Waals surface area contributed by atoms with Crippen LogP contribution in [0.4, 0.5) is 10.3 Å². The predicted molar refractivity (Wildman–Crippen MR) is 93.4 cm³/mol. The third kappa shape index (κ3) is 3.33. The monoisotopic (exact) mass is 345 g/mol. The number of ether oxygens (including phenoxy) is 1. The summed E-state index contributed by atoms with van der Waals surface area (Å²) in [4.78, 5) is 4.52. The number of fused-ring (bicyclic) bond motifs is 2. The topological polar surface area (TPSA) is 64.0 Å². The van der Waals surface area contributed by atoms with Gasteiger partial charge in [0.05, 0.1) is 6.04 Å². The molecule has 134 valence electrons. The summed E-state index contributed by atoms with van der Waals surface area (Å²) in [6.07, 6.45) is 2.49. The highest BCUT2D eigenvalue weighted by atomic mass is 19.1. The Morgan fingerprint density at radius 1 is 1.28 bits per heavy atom. The second-order valence-corrected chi connectivity index (χ2v) is 7.24. The van der Waals surface area contributed by atoms with Crippen LogP contribution in [0.15, 0.2) is 24.3 Å². The fourth-order valence-electron chi connectivity index (χ4n) is 3.88. The van der Waals surface area contributed by atoms with Gasteiger partial charge in [-0.25, -0.2) is 9.07 Å². The summed E-state index contributed by atoms with van der Waals surface area (Å²) in [5, 5.41) is 11.6. The maximum absolute atomic E-state index is 13.4. The van der Waals surface area contributed by atoms with Gasteiger partial charge >= 0.3 is 6.01 Å². The molecule has 2 aliphatic rings. The van der Waals surface area contributed by atoms with Crippen LogP contribution < -0.4 is 15.4 Å². The molecule has 7 heteroatoms. The summed E-state index contributed by atoms with van der Waals surface area (Å²) >= 11 is 0. The van der Waals surface area contributed by atoms with Crippen LogP contribution in [-0.4, -0.2) is 33.9 Å². The highest BCUT2D eigenvalue weighted by molar-refractivity contribution is 5.32. The van der Waals surface area contributed by atoms with E-state index < -0.39 is 0 Å². The summed E-state index contributed by atoms with van der Waals surface area (Å²) in [6, 6.07) is 6.95. The quantitative estimate of drug-likeness (QED) is 0.871. The second kappa shape index (κ2) is 6.63. The molecule has 1 saturated carbocycles. The van der Waals surface area contributed by atoms with Gasteiger partial charge in [0.2, 0.25) is 5.95 Å². The van der Waals surface area contributed by atoms with Gasteiger partial charge in [0.15, 0.2) is 0 Å². The van der Waals surface area contributed by atoms with Crippen molar-refractivity contribution in [1.82, 2.24) is 20.1 Å². The maximum atomic E-state index is 13.4. The zero-order chi connectivity index (χ0) is 17.4. The smallest absolute Gasteiger partial charge is 0.322 e. The van der Waals surface area contributed by atoms with Gasteiger partial charge in [0.1, 0.15) is 11.6 Å². The van der Waals surface area contributed by atoms with Crippen molar-refractivity contribution in [2.45, 2.75) is 38.8 Å². The standard InChI is InChI=1S/C18H24FN5O/c1-11(2)24-18(25-15-5-3-4-14(19)8-15)22-17(23-24)21-16-12-6-7-13(16)10-20-9-12/h3-5,8,11-13,16,20H,6-7,9-10H2,1-2H3,(H,21,23)/t12-,13+,16+. The largest absolute Gasteiger partial charge is 0.424 e. The second-order valence-electron chi connectivity index (χ2n) is 7.24. The van der Waals surface area contributed by atoms with Crippen LogP contribution in [-0.2, 0) is 0 Å². The Balaban J connectivity index is 1.55. The first-order chi connectivity index (χ1) is 12.1. The zero-order valence-electron chi connectivity index (χ0n) is 14.6. The Hall–Kier alpha value is -2.15. The minimum Gasteiger partial charge on any atom is -0.424 e. The van der Waals surface area contributed by atoms with Crippen molar-refractivity contribution in [1.29, 1.82) is 0 Å². The number of piperidine rings is 1. The molecule has 6 nitrogen and oxygen atoms in total. The Labute approximate surface area is 146 Å². The molecule has 1 aromatic heterocycles. The molecule has 0 amide bonds.